The molecule has 2 amide bonds. The maximum atomic E-state index is 15.0. The van der Waals surface area contributed by atoms with Crippen molar-refractivity contribution in [3.8, 4) is 0 Å². The molecule has 0 aliphatic carbocycles. The van der Waals surface area contributed by atoms with E-state index in [1.807, 2.05) is 97.1 Å². The molecule has 0 radical (unpaired) electrons. The summed E-state index contributed by atoms with van der Waals surface area (Å²) in [5.74, 6) is 0. The van der Waals surface area contributed by atoms with E-state index in [9.17, 15) is 24.4 Å². The van der Waals surface area contributed by atoms with Gasteiger partial charge in [0.1, 0.15) is 12.2 Å². The molecule has 12 heteroatoms. The molecule has 3 N–H and O–H groups in total. The number of H-pyrrole nitrogens is 1. The number of hydrogen-bond donors (Lipinski definition) is 3. The molecule has 1 saturated heterocycles. The minimum absolute atomic E-state index is 0.0773. The number of carbonyl (C=O) groups is 1. The van der Waals surface area contributed by atoms with E-state index in [4.69, 9.17) is 9.05 Å². The Kier molecular flexibility index (Phi) is 12.1. The number of aliphatic hydroxyl groups excluding tert-OH is 2. The molecule has 1 fully saturated rings. The Morgan fingerprint density at radius 2 is 1.15 bits per heavy atom. The van der Waals surface area contributed by atoms with Crippen molar-refractivity contribution in [1.29, 1.82) is 0 Å². The molecule has 1 aromatic heterocycles. The van der Waals surface area contributed by atoms with E-state index in [0.29, 0.717) is 29.3 Å². The normalized spacial score (nSPS) is 19.7. The maximum Gasteiger partial charge on any atom is 0.332 e. The summed E-state index contributed by atoms with van der Waals surface area (Å²) in [5.41, 5.74) is 3.70. The van der Waals surface area contributed by atoms with Gasteiger partial charge in [-0.2, -0.15) is 0 Å². The Balaban J connectivity index is 1.37. The van der Waals surface area contributed by atoms with E-state index in [0.717, 1.165) is 16.7 Å². The second-order valence-corrected chi connectivity index (χ2v) is 15.3. The Labute approximate surface area is 303 Å². The van der Waals surface area contributed by atoms with Gasteiger partial charge in [-0.15, -0.1) is 0 Å². The number of hydrogen-bond acceptors (Lipinski definition) is 7. The maximum absolute atomic E-state index is 15.0. The van der Waals surface area contributed by atoms with Crippen molar-refractivity contribution in [3.63, 3.8) is 0 Å². The van der Waals surface area contributed by atoms with Crippen LogP contribution in [0, 0.1) is 0 Å². The molecule has 52 heavy (non-hydrogen) atoms. The fourth-order valence-corrected chi connectivity index (χ4v) is 8.66. The van der Waals surface area contributed by atoms with Crippen LogP contribution in [0.5, 0.6) is 0 Å². The first-order valence-corrected chi connectivity index (χ1v) is 19.6. The standard InChI is InChI=1S/C40H47N4O7P/c1-3-50-52(49,51-4-2)23-22-44-34-21-20-32(24-33(34)39(47)41-44)28-43-36(26-30-16-10-6-11-17-30)38(46)37(45)35(25-29-14-8-5-9-15-29)42(40(43)48)27-31-18-12-7-13-19-31/h5-21,24,35-38,45-46H,3-4,22-23,25-28H2,1-2H3,(H,41,47)/t35-,36-,37+,38+/m1/s1. The summed E-state index contributed by atoms with van der Waals surface area (Å²) in [6.45, 7) is 4.50. The molecule has 11 nitrogen and oxygen atoms in total. The lowest BCUT2D eigenvalue weighted by Gasteiger charge is -2.36. The average Bonchev–Trinajstić information content (AvgIpc) is 3.45. The monoisotopic (exact) mass is 726 g/mol. The Morgan fingerprint density at radius 1 is 0.673 bits per heavy atom. The van der Waals surface area contributed by atoms with Crippen LogP contribution in [0.4, 0.5) is 4.79 Å². The quantitative estimate of drug-likeness (QED) is 0.113. The van der Waals surface area contributed by atoms with E-state index >= 15 is 0 Å². The minimum Gasteiger partial charge on any atom is -0.388 e. The number of aryl methyl sites for hydroxylation is 1. The van der Waals surface area contributed by atoms with Crippen molar-refractivity contribution >= 4 is 24.5 Å². The number of nitrogens with one attached hydrogen (secondary N) is 1. The molecular formula is C40H47N4O7P. The van der Waals surface area contributed by atoms with Crippen LogP contribution in [0.2, 0.25) is 0 Å². The fourth-order valence-electron chi connectivity index (χ4n) is 7.09. The zero-order chi connectivity index (χ0) is 36.7. The van der Waals surface area contributed by atoms with Crippen LogP contribution in [0.3, 0.4) is 0 Å². The van der Waals surface area contributed by atoms with Crippen LogP contribution in [0.1, 0.15) is 36.1 Å². The summed E-state index contributed by atoms with van der Waals surface area (Å²) in [6, 6.07) is 32.5. The number of fused-ring (bicyclic) bond motifs is 1. The summed E-state index contributed by atoms with van der Waals surface area (Å²) in [7, 11) is -3.34. The summed E-state index contributed by atoms with van der Waals surface area (Å²) in [4.78, 5) is 31.5. The van der Waals surface area contributed by atoms with Crippen LogP contribution >= 0.6 is 7.60 Å². The van der Waals surface area contributed by atoms with Crippen molar-refractivity contribution in [3.05, 3.63) is 142 Å². The highest BCUT2D eigenvalue weighted by Gasteiger charge is 2.46. The zero-order valence-electron chi connectivity index (χ0n) is 29.6. The molecule has 6 rings (SSSR count). The highest BCUT2D eigenvalue weighted by atomic mass is 31.2. The number of aromatic nitrogens is 2. The number of carbonyl (C=O) groups excluding carboxylic acids is 1. The van der Waals surface area contributed by atoms with Gasteiger partial charge in [-0.1, -0.05) is 97.1 Å². The third kappa shape index (κ3) is 8.57. The number of amides is 2. The number of benzene rings is 4. The molecule has 1 aliphatic rings. The van der Waals surface area contributed by atoms with Crippen LogP contribution in [-0.4, -0.2) is 79.5 Å². The number of aromatic amines is 1. The largest absolute Gasteiger partial charge is 0.388 e. The van der Waals surface area contributed by atoms with Gasteiger partial charge in [-0.3, -0.25) is 19.1 Å². The third-order valence-electron chi connectivity index (χ3n) is 9.64. The number of nitrogens with zero attached hydrogens (tertiary/aromatic N) is 3. The Morgan fingerprint density at radius 3 is 1.65 bits per heavy atom. The number of rotatable bonds is 15. The van der Waals surface area contributed by atoms with Crippen LogP contribution < -0.4 is 5.56 Å². The first kappa shape index (κ1) is 37.3. The second kappa shape index (κ2) is 16.9. The lowest BCUT2D eigenvalue weighted by atomic mass is 9.91. The van der Waals surface area contributed by atoms with E-state index in [2.05, 4.69) is 5.10 Å². The van der Waals surface area contributed by atoms with Gasteiger partial charge in [0.05, 0.1) is 48.9 Å². The van der Waals surface area contributed by atoms with E-state index < -0.39 is 31.9 Å². The van der Waals surface area contributed by atoms with E-state index in [1.165, 1.54) is 0 Å². The third-order valence-corrected chi connectivity index (χ3v) is 11.7. The highest BCUT2D eigenvalue weighted by molar-refractivity contribution is 7.53. The zero-order valence-corrected chi connectivity index (χ0v) is 30.5. The molecule has 0 bridgehead atoms. The van der Waals surface area contributed by atoms with Gasteiger partial charge < -0.3 is 29.1 Å². The lowest BCUT2D eigenvalue weighted by Crippen LogP contribution is -2.50. The molecule has 1 aliphatic heterocycles. The molecule has 5 aromatic rings. The number of urea groups is 1. The molecular weight excluding hydrogens is 679 g/mol. The van der Waals surface area contributed by atoms with Crippen molar-refractivity contribution in [2.24, 2.45) is 0 Å². The van der Waals surface area contributed by atoms with Crippen molar-refractivity contribution < 1.29 is 28.6 Å². The summed E-state index contributed by atoms with van der Waals surface area (Å²) >= 11 is 0. The van der Waals surface area contributed by atoms with E-state index in [1.54, 1.807) is 40.5 Å². The molecule has 2 heterocycles. The van der Waals surface area contributed by atoms with Crippen molar-refractivity contribution in [2.75, 3.05) is 19.4 Å². The Hall–Kier alpha value is -4.51. The summed E-state index contributed by atoms with van der Waals surface area (Å²) in [6.07, 6.45) is -1.80. The molecule has 0 unspecified atom stereocenters. The van der Waals surface area contributed by atoms with Crippen LogP contribution in [0.25, 0.3) is 10.9 Å². The Bertz CT molecular complexity index is 2010. The van der Waals surface area contributed by atoms with Gasteiger partial charge in [-0.05, 0) is 61.1 Å². The van der Waals surface area contributed by atoms with Gasteiger partial charge in [0, 0.05) is 13.1 Å². The highest BCUT2D eigenvalue weighted by Crippen LogP contribution is 2.48. The molecule has 4 atom stereocenters. The van der Waals surface area contributed by atoms with E-state index in [-0.39, 0.29) is 50.6 Å². The van der Waals surface area contributed by atoms with Crippen LogP contribution in [-0.2, 0) is 46.1 Å². The van der Waals surface area contributed by atoms with Gasteiger partial charge in [-0.25, -0.2) is 4.79 Å². The lowest BCUT2D eigenvalue weighted by molar-refractivity contribution is -0.0408. The van der Waals surface area contributed by atoms with Gasteiger partial charge in [0.2, 0.25) is 0 Å². The minimum atomic E-state index is -3.34. The average molecular weight is 727 g/mol. The SMILES string of the molecule is CCOP(=O)(CCn1[nH]c(=O)c2cc(CN3C(=O)N(Cc4ccccc4)[C@H](Cc4ccccc4)[C@H](O)[C@@H](O)[C@H]3Cc3ccccc3)ccc21)OCC. The first-order chi connectivity index (χ1) is 25.2. The summed E-state index contributed by atoms with van der Waals surface area (Å²) in [5, 5.41) is 27.3. The van der Waals surface area contributed by atoms with Crippen molar-refractivity contribution in [1.82, 2.24) is 19.6 Å². The fraction of sp³-hybridized carbons (Fsp3) is 0.350. The van der Waals surface area contributed by atoms with Gasteiger partial charge in [0.15, 0.2) is 0 Å². The smallest absolute Gasteiger partial charge is 0.332 e. The molecule has 0 spiro atoms. The first-order valence-electron chi connectivity index (χ1n) is 17.8. The van der Waals surface area contributed by atoms with Crippen molar-refractivity contribution in [2.45, 2.75) is 70.6 Å². The topological polar surface area (TPSA) is 137 Å². The molecule has 0 saturated carbocycles. The summed E-state index contributed by atoms with van der Waals surface area (Å²) < 4.78 is 25.6. The molecule has 4 aromatic carbocycles. The van der Waals surface area contributed by atoms with Gasteiger partial charge in [0.25, 0.3) is 5.56 Å². The second-order valence-electron chi connectivity index (χ2n) is 13.1. The predicted molar refractivity (Wildman–Crippen MR) is 201 cm³/mol. The predicted octanol–water partition coefficient (Wildman–Crippen LogP) is 5.98. The van der Waals surface area contributed by atoms with Crippen LogP contribution in [0.15, 0.2) is 114 Å². The molecule has 274 valence electrons. The number of aliphatic hydroxyl groups is 2. The van der Waals surface area contributed by atoms with Gasteiger partial charge >= 0.3 is 13.6 Å².